The van der Waals surface area contributed by atoms with Crippen molar-refractivity contribution >= 4 is 28.6 Å². The van der Waals surface area contributed by atoms with Crippen molar-refractivity contribution in [3.63, 3.8) is 0 Å². The lowest BCUT2D eigenvalue weighted by Gasteiger charge is -2.30. The first-order valence-corrected chi connectivity index (χ1v) is 6.36. The maximum atomic E-state index is 4.60. The molecule has 0 aromatic carbocycles. The molecule has 0 radical (unpaired) electrons. The van der Waals surface area contributed by atoms with Crippen LogP contribution in [0.1, 0.15) is 13.8 Å². The highest BCUT2D eigenvalue weighted by atomic mass is 33.1. The third kappa shape index (κ3) is 2.36. The molecule has 0 bridgehead atoms. The van der Waals surface area contributed by atoms with Crippen molar-refractivity contribution < 1.29 is 0 Å². The van der Waals surface area contributed by atoms with Crippen LogP contribution < -0.4 is 0 Å². The van der Waals surface area contributed by atoms with E-state index in [2.05, 4.69) is 33.4 Å². The van der Waals surface area contributed by atoms with Crippen LogP contribution in [0.15, 0.2) is 0 Å². The monoisotopic (exact) mass is 150 g/mol. The van der Waals surface area contributed by atoms with Gasteiger partial charge in [0.25, 0.3) is 0 Å². The lowest BCUT2D eigenvalue weighted by molar-refractivity contribution is 1.43. The number of rotatable bonds is 3. The molecular formula is C5H15BS2. The molecule has 0 aromatic heterocycles. The van der Waals surface area contributed by atoms with Gasteiger partial charge in [-0.1, -0.05) is 13.8 Å². The summed E-state index contributed by atoms with van der Waals surface area (Å²) < 4.78 is 0. The van der Waals surface area contributed by atoms with Gasteiger partial charge < -0.3 is 0 Å². The van der Waals surface area contributed by atoms with E-state index in [0.29, 0.717) is 0 Å². The van der Waals surface area contributed by atoms with Crippen LogP contribution in [0.3, 0.4) is 0 Å². The Kier molecular flexibility index (Phi) is 4.08. The van der Waals surface area contributed by atoms with Crippen molar-refractivity contribution in [1.82, 2.24) is 0 Å². The van der Waals surface area contributed by atoms with Crippen LogP contribution in [0, 0.1) is 0 Å². The number of thiol groups is 1. The Bertz CT molecular complexity index is 53.2. The highest BCUT2D eigenvalue weighted by Gasteiger charge is 2.09. The van der Waals surface area contributed by atoms with Gasteiger partial charge in [-0.2, -0.15) is 0 Å². The van der Waals surface area contributed by atoms with Crippen LogP contribution in [0.5, 0.6) is 0 Å². The Hall–Kier alpha value is 0.765. The maximum absolute atomic E-state index is 4.60. The Balaban J connectivity index is 3.58. The second-order valence-electron chi connectivity index (χ2n) is 1.87. The fourth-order valence-corrected chi connectivity index (χ4v) is 1.84. The number of hydrogen-bond donors (Lipinski definition) is 1. The van der Waals surface area contributed by atoms with E-state index in [-0.39, 0.29) is 0 Å². The molecule has 0 atom stereocenters. The summed E-state index contributed by atoms with van der Waals surface area (Å²) in [5.41, 5.74) is 1.27. The number of hydrogen-bond acceptors (Lipinski definition) is 1. The molecule has 0 fully saturated rings. The Morgan fingerprint density at radius 3 is 1.75 bits per heavy atom. The molecule has 0 aliphatic heterocycles. The van der Waals surface area contributed by atoms with Crippen LogP contribution in [-0.2, 0) is 0 Å². The summed E-state index contributed by atoms with van der Waals surface area (Å²) >= 11 is 4.60. The van der Waals surface area contributed by atoms with E-state index in [9.17, 15) is 0 Å². The molecule has 0 aromatic rings. The van der Waals surface area contributed by atoms with Gasteiger partial charge in [0.15, 0.2) is 0 Å². The molecule has 0 rings (SSSR count). The Morgan fingerprint density at radius 1 is 1.38 bits per heavy atom. The zero-order valence-corrected chi connectivity index (χ0v) is 7.69. The van der Waals surface area contributed by atoms with Crippen molar-refractivity contribution in [2.45, 2.75) is 13.8 Å². The molecule has 0 N–H and O–H groups in total. The summed E-state index contributed by atoms with van der Waals surface area (Å²) in [5.74, 6) is 2.53. The summed E-state index contributed by atoms with van der Waals surface area (Å²) in [5, 5.41) is 0. The second-order valence-corrected chi connectivity index (χ2v) is 7.92. The minimum Gasteiger partial charge on any atom is -0.204 e. The van der Waals surface area contributed by atoms with Gasteiger partial charge in [0, 0.05) is 0 Å². The van der Waals surface area contributed by atoms with Crippen molar-refractivity contribution in [2.75, 3.05) is 17.2 Å². The molecule has 0 aliphatic carbocycles. The van der Waals surface area contributed by atoms with Crippen molar-refractivity contribution in [3.05, 3.63) is 0 Å². The van der Waals surface area contributed by atoms with Crippen molar-refractivity contribution in [3.8, 4) is 0 Å². The van der Waals surface area contributed by atoms with Gasteiger partial charge in [0.05, 0.1) is 0 Å². The van der Waals surface area contributed by atoms with Crippen LogP contribution in [0.2, 0.25) is 0 Å². The van der Waals surface area contributed by atoms with E-state index in [1.54, 1.807) is 0 Å². The lowest BCUT2D eigenvalue weighted by Crippen LogP contribution is -2.02. The predicted octanol–water partition coefficient (Wildman–Crippen LogP) is 1.27. The summed E-state index contributed by atoms with van der Waals surface area (Å²) in [6.07, 6.45) is 0. The molecule has 0 spiro atoms. The average molecular weight is 150 g/mol. The molecule has 8 heavy (non-hydrogen) atoms. The largest absolute Gasteiger partial charge is 0.204 e. The molecule has 0 heterocycles. The topological polar surface area (TPSA) is 0 Å². The van der Waals surface area contributed by atoms with Crippen LogP contribution in [0.4, 0.5) is 0 Å². The van der Waals surface area contributed by atoms with Crippen LogP contribution in [0.25, 0.3) is 0 Å². The third-order valence-electron chi connectivity index (χ3n) is 1.61. The zero-order valence-electron chi connectivity index (χ0n) is 5.98. The SMILES string of the molecule is BCS(S)(CC)CC. The molecular weight excluding hydrogens is 135 g/mol. The Morgan fingerprint density at radius 2 is 1.75 bits per heavy atom. The van der Waals surface area contributed by atoms with Gasteiger partial charge in [-0.15, -0.1) is 11.7 Å². The van der Waals surface area contributed by atoms with E-state index < -0.39 is 9.06 Å². The molecule has 3 heteroatoms. The first-order valence-electron chi connectivity index (χ1n) is 3.17. The molecule has 0 unspecified atom stereocenters. The molecule has 0 amide bonds. The van der Waals surface area contributed by atoms with E-state index in [0.717, 1.165) is 0 Å². The highest BCUT2D eigenvalue weighted by Crippen LogP contribution is 2.50. The minimum atomic E-state index is -0.458. The van der Waals surface area contributed by atoms with Crippen molar-refractivity contribution in [2.24, 2.45) is 0 Å². The van der Waals surface area contributed by atoms with Crippen molar-refractivity contribution in [1.29, 1.82) is 0 Å². The van der Waals surface area contributed by atoms with E-state index >= 15 is 0 Å². The molecule has 0 saturated heterocycles. The Labute approximate surface area is 60.0 Å². The van der Waals surface area contributed by atoms with Gasteiger partial charge in [-0.25, -0.2) is 9.06 Å². The standard InChI is InChI=1S/C5H15BS2/c1-3-8(7,4-2)5-6/h7H,3-6H2,1-2H3. The lowest BCUT2D eigenvalue weighted by atomic mass is 10.2. The van der Waals surface area contributed by atoms with Gasteiger partial charge in [-0.3, -0.25) is 0 Å². The quantitative estimate of drug-likeness (QED) is 0.349. The zero-order chi connectivity index (χ0) is 6.62. The second kappa shape index (κ2) is 3.73. The molecule has 0 nitrogen and oxygen atoms in total. The van der Waals surface area contributed by atoms with Crippen LogP contribution >= 0.6 is 20.7 Å². The average Bonchev–Trinajstić information content (AvgIpc) is 1.87. The minimum absolute atomic E-state index is 0.458. The first kappa shape index (κ1) is 8.76. The summed E-state index contributed by atoms with van der Waals surface area (Å²) in [7, 11) is 1.77. The van der Waals surface area contributed by atoms with Gasteiger partial charge >= 0.3 is 0 Å². The highest BCUT2D eigenvalue weighted by molar-refractivity contribution is 8.88. The summed E-state index contributed by atoms with van der Waals surface area (Å²) in [6.45, 7) is 4.46. The van der Waals surface area contributed by atoms with E-state index in [1.807, 2.05) is 0 Å². The fourth-order valence-electron chi connectivity index (χ4n) is 0.612. The molecule has 0 aliphatic rings. The van der Waals surface area contributed by atoms with E-state index in [4.69, 9.17) is 0 Å². The van der Waals surface area contributed by atoms with Gasteiger partial charge in [0.2, 0.25) is 0 Å². The molecule has 0 saturated carbocycles. The third-order valence-corrected chi connectivity index (χ3v) is 7.16. The van der Waals surface area contributed by atoms with Crippen LogP contribution in [-0.4, -0.2) is 25.0 Å². The fraction of sp³-hybridized carbons (Fsp3) is 1.00. The maximum Gasteiger partial charge on any atom is 0.113 e. The van der Waals surface area contributed by atoms with E-state index in [1.165, 1.54) is 17.2 Å². The normalized spacial score (nSPS) is 13.9. The van der Waals surface area contributed by atoms with Gasteiger partial charge in [0.1, 0.15) is 7.85 Å². The predicted molar refractivity (Wildman–Crippen MR) is 51.1 cm³/mol. The summed E-state index contributed by atoms with van der Waals surface area (Å²) in [6, 6.07) is 0. The summed E-state index contributed by atoms with van der Waals surface area (Å²) in [4.78, 5) is 0. The molecule has 50 valence electrons. The first-order chi connectivity index (χ1) is 3.68. The van der Waals surface area contributed by atoms with Gasteiger partial charge in [-0.05, 0) is 17.2 Å². The smallest absolute Gasteiger partial charge is 0.113 e.